The summed E-state index contributed by atoms with van der Waals surface area (Å²) in [6, 6.07) is 13.2. The number of benzene rings is 3. The van der Waals surface area contributed by atoms with E-state index in [1.807, 2.05) is 37.3 Å². The smallest absolute Gasteiger partial charge is 0.299 e. The molecule has 0 aliphatic rings. The zero-order valence-corrected chi connectivity index (χ0v) is 17.7. The van der Waals surface area contributed by atoms with Gasteiger partial charge in [0.1, 0.15) is 11.3 Å². The Hall–Kier alpha value is -3.16. The summed E-state index contributed by atoms with van der Waals surface area (Å²) < 4.78 is 94.1. The molecule has 0 saturated heterocycles. The Morgan fingerprint density at radius 1 is 0.788 bits per heavy atom. The van der Waals surface area contributed by atoms with Gasteiger partial charge in [-0.15, -0.1) is 0 Å². The van der Waals surface area contributed by atoms with E-state index < -0.39 is 52.8 Å². The van der Waals surface area contributed by atoms with Gasteiger partial charge < -0.3 is 0 Å². The number of Topliss-reactive ketones (excluding diaryl/α,β-unsaturated/α-hetero) is 1. The number of alkyl halides is 3. The van der Waals surface area contributed by atoms with Gasteiger partial charge in [-0.05, 0) is 42.5 Å². The molecule has 174 valence electrons. The van der Waals surface area contributed by atoms with Crippen molar-refractivity contribution in [2.45, 2.75) is 39.3 Å². The van der Waals surface area contributed by atoms with E-state index in [2.05, 4.69) is 0 Å². The lowest BCUT2D eigenvalue weighted by molar-refractivity contribution is -0.143. The Kier molecular flexibility index (Phi) is 6.95. The van der Waals surface area contributed by atoms with E-state index in [1.54, 1.807) is 19.1 Å². The molecule has 0 spiro atoms. The minimum absolute atomic E-state index is 0.309. The molecule has 0 unspecified atom stereocenters. The Balaban J connectivity index is 1.84. The Morgan fingerprint density at radius 3 is 1.97 bits per heavy atom. The van der Waals surface area contributed by atoms with Crippen LogP contribution in [0.5, 0.6) is 0 Å². The summed E-state index contributed by atoms with van der Waals surface area (Å²) in [6.07, 6.45) is -6.46. The summed E-state index contributed by atoms with van der Waals surface area (Å²) in [6.45, 7) is 3.67. The van der Waals surface area contributed by atoms with Gasteiger partial charge in [-0.3, -0.25) is 4.79 Å². The Morgan fingerprint density at radius 2 is 1.39 bits per heavy atom. The first-order chi connectivity index (χ1) is 15.4. The van der Waals surface area contributed by atoms with Crippen LogP contribution in [0.4, 0.5) is 30.7 Å². The minimum atomic E-state index is -5.63. The SMILES string of the molecule is Cc1cccc(Cc2ccc(C)c(CC(=O)Cc3c(F)c(F)c(C(F)(F)F)c(F)c3F)c2)c1. The molecule has 0 saturated carbocycles. The zero-order valence-electron chi connectivity index (χ0n) is 17.7. The summed E-state index contributed by atoms with van der Waals surface area (Å²) in [4.78, 5) is 12.5. The molecule has 0 heterocycles. The largest absolute Gasteiger partial charge is 0.422 e. The minimum Gasteiger partial charge on any atom is -0.299 e. The molecule has 0 aliphatic carbocycles. The molecule has 0 atom stereocenters. The van der Waals surface area contributed by atoms with Gasteiger partial charge in [-0.1, -0.05) is 48.0 Å². The number of halogens is 7. The maximum Gasteiger partial charge on any atom is 0.422 e. The summed E-state index contributed by atoms with van der Waals surface area (Å²) >= 11 is 0. The predicted octanol–water partition coefficient (Wildman–Crippen LogP) is 6.82. The third kappa shape index (κ3) is 5.43. The molecular formula is C25H19F7O. The lowest BCUT2D eigenvalue weighted by atomic mass is 9.94. The number of ketones is 1. The molecular weight excluding hydrogens is 449 g/mol. The molecule has 0 radical (unpaired) electrons. The molecule has 3 rings (SSSR count). The van der Waals surface area contributed by atoms with Crippen LogP contribution in [0.2, 0.25) is 0 Å². The summed E-state index contributed by atoms with van der Waals surface area (Å²) in [5, 5.41) is 0. The van der Waals surface area contributed by atoms with E-state index in [9.17, 15) is 35.5 Å². The number of carbonyl (C=O) groups excluding carboxylic acids is 1. The quantitative estimate of drug-likeness (QED) is 0.287. The van der Waals surface area contributed by atoms with Crippen LogP contribution < -0.4 is 0 Å². The van der Waals surface area contributed by atoms with Gasteiger partial charge in [-0.2, -0.15) is 13.2 Å². The topological polar surface area (TPSA) is 17.1 Å². The summed E-state index contributed by atoms with van der Waals surface area (Å²) in [5.41, 5.74) is 0.217. The second kappa shape index (κ2) is 9.37. The van der Waals surface area contributed by atoms with Crippen LogP contribution in [0.25, 0.3) is 0 Å². The first kappa shape index (κ1) is 24.5. The van der Waals surface area contributed by atoms with E-state index in [1.165, 1.54) is 0 Å². The van der Waals surface area contributed by atoms with Crippen LogP contribution in [0.1, 0.15) is 38.9 Å². The highest BCUT2D eigenvalue weighted by atomic mass is 19.4. The molecule has 0 aromatic heterocycles. The molecule has 33 heavy (non-hydrogen) atoms. The molecule has 0 aliphatic heterocycles. The summed E-state index contributed by atoms with van der Waals surface area (Å²) in [7, 11) is 0. The van der Waals surface area contributed by atoms with Crippen LogP contribution in [0, 0.1) is 37.1 Å². The lowest BCUT2D eigenvalue weighted by Crippen LogP contribution is -2.19. The van der Waals surface area contributed by atoms with Crippen molar-refractivity contribution in [2.75, 3.05) is 0 Å². The number of hydrogen-bond donors (Lipinski definition) is 0. The maximum atomic E-state index is 14.1. The van der Waals surface area contributed by atoms with Crippen LogP contribution >= 0.6 is 0 Å². The first-order valence-corrected chi connectivity index (χ1v) is 9.96. The molecule has 1 nitrogen and oxygen atoms in total. The van der Waals surface area contributed by atoms with Gasteiger partial charge in [0.15, 0.2) is 23.3 Å². The van der Waals surface area contributed by atoms with Gasteiger partial charge in [-0.25, -0.2) is 17.6 Å². The highest BCUT2D eigenvalue weighted by Crippen LogP contribution is 2.37. The van der Waals surface area contributed by atoms with Gasteiger partial charge in [0.25, 0.3) is 0 Å². The Labute approximate surface area is 185 Å². The van der Waals surface area contributed by atoms with E-state index in [-0.39, 0.29) is 6.42 Å². The average molecular weight is 468 g/mol. The van der Waals surface area contributed by atoms with Crippen molar-refractivity contribution in [1.82, 2.24) is 0 Å². The number of aryl methyl sites for hydroxylation is 2. The fourth-order valence-electron chi connectivity index (χ4n) is 3.64. The third-order valence-electron chi connectivity index (χ3n) is 5.30. The van der Waals surface area contributed by atoms with Crippen molar-refractivity contribution in [3.63, 3.8) is 0 Å². The number of carbonyl (C=O) groups is 1. The fraction of sp³-hybridized carbons (Fsp3) is 0.240. The van der Waals surface area contributed by atoms with Gasteiger partial charge in [0.05, 0.1) is 0 Å². The van der Waals surface area contributed by atoms with E-state index in [0.717, 1.165) is 16.7 Å². The molecule has 0 bridgehead atoms. The predicted molar refractivity (Wildman–Crippen MR) is 109 cm³/mol. The van der Waals surface area contributed by atoms with E-state index in [4.69, 9.17) is 0 Å². The van der Waals surface area contributed by atoms with Crippen molar-refractivity contribution in [3.05, 3.63) is 105 Å². The number of rotatable bonds is 6. The van der Waals surface area contributed by atoms with Crippen LogP contribution in [0.15, 0.2) is 42.5 Å². The highest BCUT2D eigenvalue weighted by molar-refractivity contribution is 5.83. The van der Waals surface area contributed by atoms with Gasteiger partial charge in [0, 0.05) is 18.4 Å². The lowest BCUT2D eigenvalue weighted by Gasteiger charge is -2.14. The van der Waals surface area contributed by atoms with Crippen LogP contribution in [0.3, 0.4) is 0 Å². The summed E-state index contributed by atoms with van der Waals surface area (Å²) in [5.74, 6) is -10.4. The van der Waals surface area contributed by atoms with Gasteiger partial charge in [0.2, 0.25) is 0 Å². The molecule has 8 heteroatoms. The third-order valence-corrected chi connectivity index (χ3v) is 5.30. The second-order valence-electron chi connectivity index (χ2n) is 7.93. The zero-order chi connectivity index (χ0) is 24.5. The average Bonchev–Trinajstić information content (AvgIpc) is 2.71. The molecule has 0 N–H and O–H groups in total. The van der Waals surface area contributed by atoms with Crippen molar-refractivity contribution in [1.29, 1.82) is 0 Å². The van der Waals surface area contributed by atoms with Crippen molar-refractivity contribution in [3.8, 4) is 0 Å². The normalized spacial score (nSPS) is 11.7. The highest BCUT2D eigenvalue weighted by Gasteiger charge is 2.42. The molecule has 0 amide bonds. The van der Waals surface area contributed by atoms with Gasteiger partial charge >= 0.3 is 6.18 Å². The molecule has 0 fully saturated rings. The monoisotopic (exact) mass is 468 g/mol. The standard InChI is InChI=1S/C25H19F7O/c1-13-4-3-5-15(8-13)9-16-7-6-14(2)17(10-16)11-18(33)12-19-21(26)23(28)20(25(30,31)32)24(29)22(19)27/h3-8,10H,9,11-12H2,1-2H3. The van der Waals surface area contributed by atoms with E-state index in [0.29, 0.717) is 17.5 Å². The Bertz CT molecular complexity index is 1180. The van der Waals surface area contributed by atoms with Crippen molar-refractivity contribution in [2.24, 2.45) is 0 Å². The van der Waals surface area contributed by atoms with E-state index >= 15 is 0 Å². The fourth-order valence-corrected chi connectivity index (χ4v) is 3.64. The van der Waals surface area contributed by atoms with Crippen molar-refractivity contribution >= 4 is 5.78 Å². The van der Waals surface area contributed by atoms with Crippen molar-refractivity contribution < 1.29 is 35.5 Å². The molecule has 3 aromatic rings. The molecule has 3 aromatic carbocycles. The van der Waals surface area contributed by atoms with Crippen LogP contribution in [-0.4, -0.2) is 5.78 Å². The first-order valence-electron chi connectivity index (χ1n) is 9.96. The maximum absolute atomic E-state index is 14.1. The van der Waals surface area contributed by atoms with Crippen LogP contribution in [-0.2, 0) is 30.2 Å². The number of hydrogen-bond acceptors (Lipinski definition) is 1. The second-order valence-corrected chi connectivity index (χ2v) is 7.93.